The van der Waals surface area contributed by atoms with Crippen LogP contribution >= 0.6 is 0 Å². The molecule has 0 aromatic heterocycles. The molecule has 1 aliphatic carbocycles. The minimum atomic E-state index is 0. The first kappa shape index (κ1) is 20.1. The van der Waals surface area contributed by atoms with Crippen LogP contribution in [0, 0.1) is 5.92 Å². The van der Waals surface area contributed by atoms with Crippen LogP contribution in [0.2, 0.25) is 0 Å². The first-order chi connectivity index (χ1) is 7.36. The summed E-state index contributed by atoms with van der Waals surface area (Å²) in [5.74, 6) is 0.292. The average Bonchev–Trinajstić information content (AvgIpc) is 2.84. The third-order valence-corrected chi connectivity index (χ3v) is 2.41. The Hall–Kier alpha value is 0.768. The molecule has 4 heteroatoms. The predicted octanol–water partition coefficient (Wildman–Crippen LogP) is 2.43. The molecule has 0 aliphatic heterocycles. The van der Waals surface area contributed by atoms with Gasteiger partial charge in [-0.1, -0.05) is 31.7 Å². The zero-order valence-electron chi connectivity index (χ0n) is 9.76. The second-order valence-electron chi connectivity index (χ2n) is 3.57. The van der Waals surface area contributed by atoms with Crippen LogP contribution < -0.4 is 0 Å². The number of hydrogen-bond donors (Lipinski definition) is 0. The molecule has 2 rings (SSSR count). The fraction of sp³-hybridized carbons (Fsp3) is 0.385. The quantitative estimate of drug-likeness (QED) is 0.739. The second kappa shape index (κ2) is 13.2. The fourth-order valence-electron chi connectivity index (χ4n) is 1.55. The van der Waals surface area contributed by atoms with Gasteiger partial charge in [-0.15, -0.1) is 18.1 Å². The molecule has 0 N–H and O–H groups in total. The molecule has 0 atom stereocenters. The van der Waals surface area contributed by atoms with Crippen LogP contribution in [0.1, 0.15) is 31.2 Å². The Morgan fingerprint density at radius 2 is 1.47 bits per heavy atom. The van der Waals surface area contributed by atoms with Crippen molar-refractivity contribution in [2.45, 2.75) is 25.7 Å². The van der Waals surface area contributed by atoms with Gasteiger partial charge in [0.15, 0.2) is 0 Å². The van der Waals surface area contributed by atoms with E-state index in [9.17, 15) is 9.59 Å². The molecule has 17 heavy (non-hydrogen) atoms. The SMILES string of the molecule is O=[C-]C1CCCC1.O=[C-]c1ccccc1.[Y].[Y]. The molecule has 86 valence electrons. The predicted molar refractivity (Wildman–Crippen MR) is 58.9 cm³/mol. The van der Waals surface area contributed by atoms with E-state index in [4.69, 9.17) is 0 Å². The maximum absolute atomic E-state index is 9.88. The molecule has 0 heterocycles. The van der Waals surface area contributed by atoms with E-state index in [1.807, 2.05) is 12.4 Å². The molecule has 0 unspecified atom stereocenters. The Kier molecular flexibility index (Phi) is 15.6. The molecule has 1 aromatic rings. The van der Waals surface area contributed by atoms with Gasteiger partial charge in [-0.3, -0.25) is 6.29 Å². The molecule has 1 aromatic carbocycles. The van der Waals surface area contributed by atoms with Crippen molar-refractivity contribution in [1.82, 2.24) is 0 Å². The van der Waals surface area contributed by atoms with Gasteiger partial charge in [0.1, 0.15) is 0 Å². The van der Waals surface area contributed by atoms with E-state index in [-0.39, 0.29) is 65.4 Å². The molecule has 0 bridgehead atoms. The Morgan fingerprint density at radius 3 is 1.76 bits per heavy atom. The summed E-state index contributed by atoms with van der Waals surface area (Å²) in [5, 5.41) is 0. The minimum Gasteiger partial charge on any atom is -0.542 e. The van der Waals surface area contributed by atoms with Crippen molar-refractivity contribution in [1.29, 1.82) is 0 Å². The monoisotopic (exact) mass is 380 g/mol. The molecule has 1 fully saturated rings. The van der Waals surface area contributed by atoms with E-state index in [1.54, 1.807) is 30.6 Å². The van der Waals surface area contributed by atoms with E-state index in [2.05, 4.69) is 0 Å². The molecule has 1 saturated carbocycles. The molecule has 0 spiro atoms. The molecule has 0 saturated heterocycles. The maximum Gasteiger partial charge on any atom is 0.0627 e. The van der Waals surface area contributed by atoms with Crippen molar-refractivity contribution in [3.8, 4) is 0 Å². The van der Waals surface area contributed by atoms with Crippen LogP contribution in [0.25, 0.3) is 0 Å². The van der Waals surface area contributed by atoms with Crippen molar-refractivity contribution in [3.05, 3.63) is 35.9 Å². The largest absolute Gasteiger partial charge is 0.542 e. The number of carbonyl (C=O) groups excluding carboxylic acids is 2. The molecular formula is C13H14O2Y2-2. The van der Waals surface area contributed by atoms with Crippen molar-refractivity contribution in [2.75, 3.05) is 0 Å². The number of benzene rings is 1. The van der Waals surface area contributed by atoms with Gasteiger partial charge in [0.05, 0.1) is 6.29 Å². The Balaban J connectivity index is 0. The van der Waals surface area contributed by atoms with Crippen LogP contribution in [-0.2, 0) is 75.0 Å². The van der Waals surface area contributed by atoms with Gasteiger partial charge in [0, 0.05) is 65.4 Å². The Labute approximate surface area is 153 Å². The molecule has 1 aliphatic rings. The summed E-state index contributed by atoms with van der Waals surface area (Å²) in [6.45, 7) is 0. The number of rotatable bonds is 2. The van der Waals surface area contributed by atoms with Crippen LogP contribution in [0.3, 0.4) is 0 Å². The van der Waals surface area contributed by atoms with Gasteiger partial charge in [0.25, 0.3) is 0 Å². The van der Waals surface area contributed by atoms with Crippen LogP contribution in [0.4, 0.5) is 0 Å². The Morgan fingerprint density at radius 1 is 0.941 bits per heavy atom. The topological polar surface area (TPSA) is 34.1 Å². The standard InChI is InChI=1S/C7H5O.C6H9O.2Y/c8-6-7-4-2-1-3-5-7;7-5-6-3-1-2-4-6;;/h1-5H;6H,1-4H2;;/q2*-1;;. The Bertz CT molecular complexity index is 296. The van der Waals surface area contributed by atoms with Crippen molar-refractivity contribution in [3.63, 3.8) is 0 Å². The number of hydrogen-bond acceptors (Lipinski definition) is 2. The zero-order valence-corrected chi connectivity index (χ0v) is 15.4. The van der Waals surface area contributed by atoms with Gasteiger partial charge in [-0.25, -0.2) is 0 Å². The third-order valence-electron chi connectivity index (χ3n) is 2.41. The van der Waals surface area contributed by atoms with Gasteiger partial charge < -0.3 is 9.59 Å². The summed E-state index contributed by atoms with van der Waals surface area (Å²) in [6.07, 6.45) is 8.44. The molecule has 0 amide bonds. The van der Waals surface area contributed by atoms with Crippen molar-refractivity contribution >= 4 is 12.6 Å². The summed E-state index contributed by atoms with van der Waals surface area (Å²) in [4.78, 5) is 19.8. The summed E-state index contributed by atoms with van der Waals surface area (Å²) in [5.41, 5.74) is 0.604. The third kappa shape index (κ3) is 9.36. The summed E-state index contributed by atoms with van der Waals surface area (Å²) >= 11 is 0. The van der Waals surface area contributed by atoms with E-state index >= 15 is 0 Å². The fourth-order valence-corrected chi connectivity index (χ4v) is 1.55. The second-order valence-corrected chi connectivity index (χ2v) is 3.57. The van der Waals surface area contributed by atoms with Crippen molar-refractivity contribution < 1.29 is 75.0 Å². The first-order valence-corrected chi connectivity index (χ1v) is 5.17. The van der Waals surface area contributed by atoms with Crippen LogP contribution in [-0.4, -0.2) is 12.6 Å². The summed E-state index contributed by atoms with van der Waals surface area (Å²) < 4.78 is 0. The van der Waals surface area contributed by atoms with Crippen LogP contribution in [0.15, 0.2) is 30.3 Å². The normalized spacial score (nSPS) is 13.4. The minimum absolute atomic E-state index is 0. The van der Waals surface area contributed by atoms with Gasteiger partial charge in [0.2, 0.25) is 0 Å². The van der Waals surface area contributed by atoms with E-state index < -0.39 is 0 Å². The zero-order chi connectivity index (χ0) is 10.9. The average molecular weight is 380 g/mol. The van der Waals surface area contributed by atoms with Gasteiger partial charge in [-0.05, 0) is 0 Å². The maximum atomic E-state index is 9.88. The first-order valence-electron chi connectivity index (χ1n) is 5.17. The molecule has 2 radical (unpaired) electrons. The van der Waals surface area contributed by atoms with E-state index in [1.165, 1.54) is 12.8 Å². The van der Waals surface area contributed by atoms with Gasteiger partial charge >= 0.3 is 0 Å². The summed E-state index contributed by atoms with van der Waals surface area (Å²) in [7, 11) is 0. The van der Waals surface area contributed by atoms with E-state index in [0.29, 0.717) is 11.5 Å². The van der Waals surface area contributed by atoms with Gasteiger partial charge in [-0.2, -0.15) is 17.7 Å². The van der Waals surface area contributed by atoms with E-state index in [0.717, 1.165) is 12.8 Å². The molecular weight excluding hydrogens is 366 g/mol. The summed E-state index contributed by atoms with van der Waals surface area (Å²) in [6, 6.07) is 8.90. The molecule has 2 nitrogen and oxygen atoms in total. The smallest absolute Gasteiger partial charge is 0.0627 e. The van der Waals surface area contributed by atoms with Crippen molar-refractivity contribution in [2.24, 2.45) is 5.92 Å². The van der Waals surface area contributed by atoms with Crippen LogP contribution in [0.5, 0.6) is 0 Å².